The van der Waals surface area contributed by atoms with Crippen LogP contribution in [-0.2, 0) is 6.54 Å². The van der Waals surface area contributed by atoms with Gasteiger partial charge in [-0.05, 0) is 31.2 Å². The van der Waals surface area contributed by atoms with Crippen molar-refractivity contribution in [3.63, 3.8) is 0 Å². The second-order valence-electron chi connectivity index (χ2n) is 4.89. The van der Waals surface area contributed by atoms with Gasteiger partial charge in [0.15, 0.2) is 0 Å². The zero-order valence-electron chi connectivity index (χ0n) is 11.7. The van der Waals surface area contributed by atoms with E-state index in [9.17, 15) is 4.79 Å². The van der Waals surface area contributed by atoms with Gasteiger partial charge in [-0.15, -0.1) is 0 Å². The number of para-hydroxylation sites is 1. The number of aromatic nitrogens is 3. The molecule has 5 heteroatoms. The number of aromatic amines is 1. The summed E-state index contributed by atoms with van der Waals surface area (Å²) in [6.07, 6.45) is 1.77. The van der Waals surface area contributed by atoms with Gasteiger partial charge in [0.2, 0.25) is 0 Å². The molecule has 0 bridgehead atoms. The second-order valence-corrected chi connectivity index (χ2v) is 4.89. The maximum Gasteiger partial charge on any atom is 0.258 e. The van der Waals surface area contributed by atoms with E-state index in [0.29, 0.717) is 23.3 Å². The largest absolute Gasteiger partial charge is 0.309 e. The monoisotopic (exact) mass is 280 g/mol. The third-order valence-electron chi connectivity index (χ3n) is 3.37. The van der Waals surface area contributed by atoms with Gasteiger partial charge >= 0.3 is 0 Å². The number of nitrogens with one attached hydrogen (secondary N) is 2. The summed E-state index contributed by atoms with van der Waals surface area (Å²) in [6.45, 7) is 2.51. The van der Waals surface area contributed by atoms with E-state index in [-0.39, 0.29) is 11.6 Å². The summed E-state index contributed by atoms with van der Waals surface area (Å²) in [5, 5.41) is 3.92. The van der Waals surface area contributed by atoms with Gasteiger partial charge in [0.1, 0.15) is 5.82 Å². The zero-order chi connectivity index (χ0) is 14.7. The first-order valence-electron chi connectivity index (χ1n) is 6.86. The van der Waals surface area contributed by atoms with Gasteiger partial charge in [0, 0.05) is 12.2 Å². The van der Waals surface area contributed by atoms with Gasteiger partial charge in [-0.2, -0.15) is 0 Å². The molecule has 0 aliphatic heterocycles. The van der Waals surface area contributed by atoms with Crippen molar-refractivity contribution < 1.29 is 0 Å². The van der Waals surface area contributed by atoms with Crippen molar-refractivity contribution >= 4 is 10.9 Å². The molecule has 3 rings (SSSR count). The van der Waals surface area contributed by atoms with Crippen LogP contribution in [0.25, 0.3) is 10.9 Å². The van der Waals surface area contributed by atoms with Crippen LogP contribution in [0.15, 0.2) is 53.5 Å². The van der Waals surface area contributed by atoms with Crippen LogP contribution in [0.1, 0.15) is 24.5 Å². The Bertz CT molecular complexity index is 798. The average molecular weight is 280 g/mol. The van der Waals surface area contributed by atoms with E-state index in [1.54, 1.807) is 12.3 Å². The summed E-state index contributed by atoms with van der Waals surface area (Å²) in [4.78, 5) is 23.6. The fourth-order valence-electron chi connectivity index (χ4n) is 2.21. The Balaban J connectivity index is 1.78. The van der Waals surface area contributed by atoms with E-state index in [2.05, 4.69) is 20.3 Å². The number of fused-ring (bicyclic) bond motifs is 1. The van der Waals surface area contributed by atoms with Crippen molar-refractivity contribution in [3.8, 4) is 0 Å². The lowest BCUT2D eigenvalue weighted by atomic mass is 10.2. The molecule has 0 aliphatic rings. The number of rotatable bonds is 4. The molecule has 5 nitrogen and oxygen atoms in total. The first-order valence-corrected chi connectivity index (χ1v) is 6.86. The minimum atomic E-state index is -0.108. The van der Waals surface area contributed by atoms with E-state index >= 15 is 0 Å². The van der Waals surface area contributed by atoms with E-state index in [0.717, 1.165) is 5.69 Å². The first kappa shape index (κ1) is 13.5. The molecule has 1 atom stereocenters. The third-order valence-corrected chi connectivity index (χ3v) is 3.37. The highest BCUT2D eigenvalue weighted by atomic mass is 16.1. The van der Waals surface area contributed by atoms with E-state index < -0.39 is 0 Å². The molecule has 21 heavy (non-hydrogen) atoms. The number of nitrogens with zero attached hydrogens (tertiary/aromatic N) is 2. The van der Waals surface area contributed by atoms with E-state index in [1.807, 2.05) is 43.3 Å². The van der Waals surface area contributed by atoms with Gasteiger partial charge in [0.25, 0.3) is 5.56 Å². The molecule has 0 saturated heterocycles. The highest BCUT2D eigenvalue weighted by molar-refractivity contribution is 5.77. The number of hydrogen-bond donors (Lipinski definition) is 2. The SMILES string of the molecule is CC(NCc1nc2ccccc2c(=O)[nH]1)c1ccccn1. The van der Waals surface area contributed by atoms with E-state index in [4.69, 9.17) is 0 Å². The van der Waals surface area contributed by atoms with Crippen molar-refractivity contribution in [1.29, 1.82) is 0 Å². The molecule has 1 unspecified atom stereocenters. The highest BCUT2D eigenvalue weighted by Gasteiger charge is 2.07. The Morgan fingerprint density at radius 1 is 1.19 bits per heavy atom. The van der Waals surface area contributed by atoms with Crippen LogP contribution in [0.4, 0.5) is 0 Å². The standard InChI is InChI=1S/C16H16N4O/c1-11(13-7-4-5-9-17-13)18-10-15-19-14-8-3-2-6-12(14)16(21)20-15/h2-9,11,18H,10H2,1H3,(H,19,20,21). The van der Waals surface area contributed by atoms with Crippen LogP contribution in [0.5, 0.6) is 0 Å². The van der Waals surface area contributed by atoms with Gasteiger partial charge in [-0.25, -0.2) is 4.98 Å². The number of pyridine rings is 1. The van der Waals surface area contributed by atoms with Gasteiger partial charge in [0.05, 0.1) is 23.1 Å². The van der Waals surface area contributed by atoms with Crippen LogP contribution >= 0.6 is 0 Å². The van der Waals surface area contributed by atoms with Crippen LogP contribution < -0.4 is 10.9 Å². The smallest absolute Gasteiger partial charge is 0.258 e. The van der Waals surface area contributed by atoms with Crippen LogP contribution in [-0.4, -0.2) is 15.0 Å². The highest BCUT2D eigenvalue weighted by Crippen LogP contribution is 2.09. The fourth-order valence-corrected chi connectivity index (χ4v) is 2.21. The Morgan fingerprint density at radius 2 is 2.00 bits per heavy atom. The van der Waals surface area contributed by atoms with Crippen molar-refractivity contribution in [2.75, 3.05) is 0 Å². The molecule has 0 aliphatic carbocycles. The van der Waals surface area contributed by atoms with Crippen molar-refractivity contribution in [3.05, 3.63) is 70.5 Å². The fraction of sp³-hybridized carbons (Fsp3) is 0.188. The second kappa shape index (κ2) is 5.85. The van der Waals surface area contributed by atoms with Crippen LogP contribution in [0.2, 0.25) is 0 Å². The number of hydrogen-bond acceptors (Lipinski definition) is 4. The molecule has 106 valence electrons. The molecule has 3 aromatic rings. The predicted octanol–water partition coefficient (Wildman–Crippen LogP) is 2.17. The van der Waals surface area contributed by atoms with Gasteiger partial charge < -0.3 is 10.3 Å². The summed E-state index contributed by atoms with van der Waals surface area (Å²) in [5.41, 5.74) is 1.56. The van der Waals surface area contributed by atoms with E-state index in [1.165, 1.54) is 0 Å². The summed E-state index contributed by atoms with van der Waals surface area (Å²) in [6, 6.07) is 13.2. The maximum atomic E-state index is 12.0. The average Bonchev–Trinajstić information content (AvgIpc) is 2.53. The normalized spacial score (nSPS) is 12.4. The molecular weight excluding hydrogens is 264 g/mol. The Morgan fingerprint density at radius 3 is 2.81 bits per heavy atom. The molecule has 0 spiro atoms. The Kier molecular flexibility index (Phi) is 3.75. The minimum absolute atomic E-state index is 0.0861. The quantitative estimate of drug-likeness (QED) is 0.768. The Labute approximate surface area is 122 Å². The topological polar surface area (TPSA) is 70.7 Å². The molecule has 2 heterocycles. The third kappa shape index (κ3) is 2.98. The molecule has 0 saturated carbocycles. The predicted molar refractivity (Wildman–Crippen MR) is 81.9 cm³/mol. The van der Waals surface area contributed by atoms with Gasteiger partial charge in [-0.3, -0.25) is 9.78 Å². The van der Waals surface area contributed by atoms with Gasteiger partial charge in [-0.1, -0.05) is 18.2 Å². The van der Waals surface area contributed by atoms with Crippen molar-refractivity contribution in [1.82, 2.24) is 20.3 Å². The first-order chi connectivity index (χ1) is 10.2. The number of H-pyrrole nitrogens is 1. The lowest BCUT2D eigenvalue weighted by molar-refractivity contribution is 0.548. The maximum absolute atomic E-state index is 12.0. The van der Waals surface area contributed by atoms with Crippen LogP contribution in [0, 0.1) is 0 Å². The zero-order valence-corrected chi connectivity index (χ0v) is 11.7. The molecule has 2 N–H and O–H groups in total. The molecule has 2 aromatic heterocycles. The Hall–Kier alpha value is -2.53. The lowest BCUT2D eigenvalue weighted by Gasteiger charge is -2.12. The minimum Gasteiger partial charge on any atom is -0.309 e. The van der Waals surface area contributed by atoms with Crippen molar-refractivity contribution in [2.45, 2.75) is 19.5 Å². The van der Waals surface area contributed by atoms with Crippen LogP contribution in [0.3, 0.4) is 0 Å². The molecule has 0 radical (unpaired) electrons. The lowest BCUT2D eigenvalue weighted by Crippen LogP contribution is -2.22. The summed E-state index contributed by atoms with van der Waals surface area (Å²) < 4.78 is 0. The summed E-state index contributed by atoms with van der Waals surface area (Å²) >= 11 is 0. The van der Waals surface area contributed by atoms with Crippen molar-refractivity contribution in [2.24, 2.45) is 0 Å². The molecular formula is C16H16N4O. The summed E-state index contributed by atoms with van der Waals surface area (Å²) in [5.74, 6) is 0.626. The number of benzene rings is 1. The molecule has 1 aromatic carbocycles. The summed E-state index contributed by atoms with van der Waals surface area (Å²) in [7, 11) is 0. The molecule has 0 amide bonds. The molecule has 0 fully saturated rings.